The third-order valence-corrected chi connectivity index (χ3v) is 7.18. The molecule has 0 bridgehead atoms. The number of fused-ring (bicyclic) bond motifs is 1. The molecule has 1 saturated heterocycles. The minimum Gasteiger partial charge on any atom is -0.491 e. The number of para-hydroxylation sites is 1. The van der Waals surface area contributed by atoms with E-state index in [4.69, 9.17) is 9.57 Å². The zero-order valence-corrected chi connectivity index (χ0v) is 22.9. The first-order valence-corrected chi connectivity index (χ1v) is 13.9. The van der Waals surface area contributed by atoms with Crippen molar-refractivity contribution in [1.29, 1.82) is 0 Å². The van der Waals surface area contributed by atoms with Gasteiger partial charge in [-0.1, -0.05) is 49.8 Å². The molecule has 0 aliphatic carbocycles. The number of carbonyl (C=O) groups is 1. The predicted octanol–water partition coefficient (Wildman–Crippen LogP) is 6.06. The molecule has 1 atom stereocenters. The standard InChI is InChI=1S/C32H38N4O3/c1-3-6-24(2)38-29-16-10-25(11-17-29)23-35-19-21-36(22-20-35)32(37)27-12-14-28(15-13-27)34-39-30-9-4-7-26-8-5-18-33-31(26)30/h4-5,7-17,24,33-34H,3,6,18-23H2,1-2H3/t24-/m1/s1. The number of piperazine rings is 1. The fraction of sp³-hybridized carbons (Fsp3) is 0.344. The van der Waals surface area contributed by atoms with Gasteiger partial charge in [-0.2, -0.15) is 0 Å². The number of benzene rings is 3. The summed E-state index contributed by atoms with van der Waals surface area (Å²) in [6, 6.07) is 21.8. The Kier molecular flexibility index (Phi) is 8.68. The first kappa shape index (κ1) is 26.6. The molecule has 7 heteroatoms. The Morgan fingerprint density at radius 2 is 1.77 bits per heavy atom. The van der Waals surface area contributed by atoms with Crippen molar-refractivity contribution in [3.8, 4) is 11.5 Å². The van der Waals surface area contributed by atoms with Crippen LogP contribution in [0.1, 0.15) is 48.2 Å². The molecular formula is C32H38N4O3. The van der Waals surface area contributed by atoms with Gasteiger partial charge in [0.05, 0.1) is 17.5 Å². The number of ether oxygens (including phenoxy) is 1. The highest BCUT2D eigenvalue weighted by Crippen LogP contribution is 2.31. The molecule has 5 rings (SSSR count). The molecule has 0 aromatic heterocycles. The summed E-state index contributed by atoms with van der Waals surface area (Å²) in [6.45, 7) is 9.10. The summed E-state index contributed by atoms with van der Waals surface area (Å²) in [5.41, 5.74) is 7.81. The van der Waals surface area contributed by atoms with Crippen LogP contribution in [0.5, 0.6) is 11.5 Å². The van der Waals surface area contributed by atoms with Gasteiger partial charge in [-0.3, -0.25) is 9.69 Å². The molecule has 39 heavy (non-hydrogen) atoms. The molecule has 0 unspecified atom stereocenters. The molecule has 2 aliphatic rings. The van der Waals surface area contributed by atoms with Gasteiger partial charge in [0.15, 0.2) is 5.75 Å². The largest absolute Gasteiger partial charge is 0.491 e. The van der Waals surface area contributed by atoms with Gasteiger partial charge in [-0.15, -0.1) is 0 Å². The Hall–Kier alpha value is -3.97. The summed E-state index contributed by atoms with van der Waals surface area (Å²) in [5.74, 6) is 1.73. The number of hydrogen-bond acceptors (Lipinski definition) is 6. The fourth-order valence-corrected chi connectivity index (χ4v) is 5.02. The van der Waals surface area contributed by atoms with Crippen LogP contribution in [0.25, 0.3) is 6.08 Å². The summed E-state index contributed by atoms with van der Waals surface area (Å²) < 4.78 is 5.97. The Bertz CT molecular complexity index is 1270. The Balaban J connectivity index is 1.08. The molecular weight excluding hydrogens is 488 g/mol. The number of amides is 1. The highest BCUT2D eigenvalue weighted by Gasteiger charge is 2.22. The zero-order valence-electron chi connectivity index (χ0n) is 22.9. The molecule has 204 valence electrons. The average molecular weight is 527 g/mol. The number of carbonyl (C=O) groups excluding carboxylic acids is 1. The summed E-state index contributed by atoms with van der Waals surface area (Å²) in [4.78, 5) is 23.3. The van der Waals surface area contributed by atoms with Crippen LogP contribution in [-0.4, -0.2) is 54.5 Å². The third-order valence-electron chi connectivity index (χ3n) is 7.18. The van der Waals surface area contributed by atoms with Crippen LogP contribution in [0.2, 0.25) is 0 Å². The fourth-order valence-electron chi connectivity index (χ4n) is 5.02. The SMILES string of the molecule is CCC[C@@H](C)Oc1ccc(CN2CCN(C(=O)c3ccc(NOc4cccc5c4NCC=C5)cc3)CC2)cc1. The first-order chi connectivity index (χ1) is 19.1. The van der Waals surface area contributed by atoms with Gasteiger partial charge in [0, 0.05) is 50.4 Å². The highest BCUT2D eigenvalue weighted by atomic mass is 16.6. The van der Waals surface area contributed by atoms with E-state index in [0.717, 1.165) is 80.5 Å². The summed E-state index contributed by atoms with van der Waals surface area (Å²) in [7, 11) is 0. The van der Waals surface area contributed by atoms with E-state index < -0.39 is 0 Å². The van der Waals surface area contributed by atoms with Crippen LogP contribution in [0.4, 0.5) is 11.4 Å². The number of rotatable bonds is 10. The van der Waals surface area contributed by atoms with Gasteiger partial charge in [-0.05, 0) is 61.4 Å². The maximum absolute atomic E-state index is 13.1. The van der Waals surface area contributed by atoms with Crippen molar-refractivity contribution >= 4 is 23.4 Å². The third kappa shape index (κ3) is 6.92. The van der Waals surface area contributed by atoms with Crippen LogP contribution in [-0.2, 0) is 6.54 Å². The molecule has 0 saturated carbocycles. The smallest absolute Gasteiger partial charge is 0.253 e. The van der Waals surface area contributed by atoms with E-state index >= 15 is 0 Å². The van der Waals surface area contributed by atoms with Crippen molar-refractivity contribution in [3.05, 3.63) is 89.5 Å². The molecule has 3 aromatic rings. The van der Waals surface area contributed by atoms with Crippen molar-refractivity contribution in [2.75, 3.05) is 43.5 Å². The van der Waals surface area contributed by atoms with Crippen molar-refractivity contribution in [1.82, 2.24) is 9.80 Å². The van der Waals surface area contributed by atoms with E-state index in [1.165, 1.54) is 5.56 Å². The molecule has 2 N–H and O–H groups in total. The van der Waals surface area contributed by atoms with Crippen molar-refractivity contribution in [2.45, 2.75) is 39.3 Å². The molecule has 2 heterocycles. The minimum atomic E-state index is 0.0675. The highest BCUT2D eigenvalue weighted by molar-refractivity contribution is 5.94. The lowest BCUT2D eigenvalue weighted by atomic mass is 10.1. The average Bonchev–Trinajstić information content (AvgIpc) is 2.97. The van der Waals surface area contributed by atoms with Crippen molar-refractivity contribution in [2.24, 2.45) is 0 Å². The van der Waals surface area contributed by atoms with Crippen LogP contribution >= 0.6 is 0 Å². The van der Waals surface area contributed by atoms with Crippen LogP contribution < -0.4 is 20.4 Å². The van der Waals surface area contributed by atoms with Crippen molar-refractivity contribution in [3.63, 3.8) is 0 Å². The normalized spacial score (nSPS) is 15.7. The second-order valence-electron chi connectivity index (χ2n) is 10.2. The lowest BCUT2D eigenvalue weighted by Crippen LogP contribution is -2.48. The van der Waals surface area contributed by atoms with Crippen LogP contribution in [0.15, 0.2) is 72.8 Å². The zero-order chi connectivity index (χ0) is 27.0. The molecule has 3 aromatic carbocycles. The van der Waals surface area contributed by atoms with E-state index in [-0.39, 0.29) is 12.0 Å². The van der Waals surface area contributed by atoms with E-state index in [0.29, 0.717) is 5.56 Å². The quantitative estimate of drug-likeness (QED) is 0.313. The van der Waals surface area contributed by atoms with E-state index in [1.807, 2.05) is 47.4 Å². The van der Waals surface area contributed by atoms with Crippen LogP contribution in [0, 0.1) is 0 Å². The maximum Gasteiger partial charge on any atom is 0.253 e. The maximum atomic E-state index is 13.1. The monoisotopic (exact) mass is 526 g/mol. The molecule has 1 fully saturated rings. The topological polar surface area (TPSA) is 66.1 Å². The Morgan fingerprint density at radius 1 is 1.00 bits per heavy atom. The number of anilines is 2. The second-order valence-corrected chi connectivity index (χ2v) is 10.2. The molecule has 7 nitrogen and oxygen atoms in total. The van der Waals surface area contributed by atoms with E-state index in [2.05, 4.69) is 66.0 Å². The summed E-state index contributed by atoms with van der Waals surface area (Å²) >= 11 is 0. The molecule has 0 radical (unpaired) electrons. The molecule has 2 aliphatic heterocycles. The van der Waals surface area contributed by atoms with Gasteiger partial charge < -0.3 is 19.8 Å². The second kappa shape index (κ2) is 12.7. The van der Waals surface area contributed by atoms with E-state index in [1.54, 1.807) is 0 Å². The summed E-state index contributed by atoms with van der Waals surface area (Å²) in [6.07, 6.45) is 6.59. The number of nitrogens with one attached hydrogen (secondary N) is 2. The van der Waals surface area contributed by atoms with Crippen molar-refractivity contribution < 1.29 is 14.4 Å². The van der Waals surface area contributed by atoms with Crippen LogP contribution in [0.3, 0.4) is 0 Å². The number of hydrogen-bond donors (Lipinski definition) is 2. The number of nitrogens with zero attached hydrogens (tertiary/aromatic N) is 2. The molecule has 1 amide bonds. The molecule has 0 spiro atoms. The predicted molar refractivity (Wildman–Crippen MR) is 157 cm³/mol. The van der Waals surface area contributed by atoms with Gasteiger partial charge in [0.2, 0.25) is 0 Å². The Morgan fingerprint density at radius 3 is 2.51 bits per heavy atom. The van der Waals surface area contributed by atoms with Gasteiger partial charge in [-0.25, -0.2) is 5.48 Å². The van der Waals surface area contributed by atoms with Gasteiger partial charge >= 0.3 is 0 Å². The summed E-state index contributed by atoms with van der Waals surface area (Å²) in [5, 5.41) is 3.35. The minimum absolute atomic E-state index is 0.0675. The lowest BCUT2D eigenvalue weighted by molar-refractivity contribution is 0.0628. The van der Waals surface area contributed by atoms with Gasteiger partial charge in [0.25, 0.3) is 5.91 Å². The van der Waals surface area contributed by atoms with E-state index in [9.17, 15) is 4.79 Å². The first-order valence-electron chi connectivity index (χ1n) is 13.9. The lowest BCUT2D eigenvalue weighted by Gasteiger charge is -2.34. The van der Waals surface area contributed by atoms with Gasteiger partial charge in [0.1, 0.15) is 5.75 Å². The Labute approximate surface area is 231 Å².